The van der Waals surface area contributed by atoms with Crippen molar-refractivity contribution in [3.05, 3.63) is 42.2 Å². The molecule has 2 rings (SSSR count). The van der Waals surface area contributed by atoms with Crippen LogP contribution in [0, 0.1) is 18.2 Å². The van der Waals surface area contributed by atoms with Gasteiger partial charge in [-0.15, -0.1) is 13.0 Å². The Kier molecular flexibility index (Phi) is 2.93. The number of carbonyl (C=O) groups excluding carboxylic acids is 1. The average molecular weight is 245 g/mol. The minimum atomic E-state index is -1.77. The highest BCUT2D eigenvalue weighted by Crippen LogP contribution is 2.42. The van der Waals surface area contributed by atoms with E-state index in [0.717, 1.165) is 6.07 Å². The molecule has 1 heterocycles. The first-order valence-electron chi connectivity index (χ1n) is 5.43. The zero-order valence-corrected chi connectivity index (χ0v) is 9.69. The Bertz CT molecular complexity index is 561. The van der Waals surface area contributed by atoms with Crippen molar-refractivity contribution in [2.24, 2.45) is 0 Å². The molecule has 0 fully saturated rings. The first kappa shape index (κ1) is 12.3. The Morgan fingerprint density at radius 1 is 1.61 bits per heavy atom. The van der Waals surface area contributed by atoms with E-state index < -0.39 is 17.3 Å². The number of fused-ring (bicyclic) bond motifs is 1. The number of anilines is 1. The number of hydrogen-bond acceptors (Lipinski definition) is 2. The quantitative estimate of drug-likeness (QED) is 0.648. The van der Waals surface area contributed by atoms with Crippen LogP contribution in [0.1, 0.15) is 12.0 Å². The number of nitrogens with zero attached hydrogens (tertiary/aromatic N) is 1. The zero-order valence-electron chi connectivity index (χ0n) is 9.69. The second-order valence-corrected chi connectivity index (χ2v) is 4.11. The van der Waals surface area contributed by atoms with Crippen LogP contribution in [0.2, 0.25) is 0 Å². The average Bonchev–Trinajstić information content (AvgIpc) is 2.53. The van der Waals surface area contributed by atoms with Gasteiger partial charge in [0.25, 0.3) is 5.91 Å². The summed E-state index contributed by atoms with van der Waals surface area (Å²) in [7, 11) is 0. The van der Waals surface area contributed by atoms with Crippen LogP contribution in [0.5, 0.6) is 0 Å². The number of benzene rings is 1. The second kappa shape index (κ2) is 4.28. The molecule has 1 aliphatic rings. The van der Waals surface area contributed by atoms with E-state index in [1.165, 1.54) is 23.1 Å². The SMILES string of the molecule is C#CCN1C(=O)[C@@](O)(CC=C)c2cc(F)ccc21. The van der Waals surface area contributed by atoms with Crippen molar-refractivity contribution >= 4 is 11.6 Å². The highest BCUT2D eigenvalue weighted by Gasteiger charge is 2.48. The summed E-state index contributed by atoms with van der Waals surface area (Å²) in [5.41, 5.74) is -1.08. The fourth-order valence-electron chi connectivity index (χ4n) is 2.18. The van der Waals surface area contributed by atoms with Crippen molar-refractivity contribution in [3.8, 4) is 12.3 Å². The number of halogens is 1. The Hall–Kier alpha value is -2.12. The largest absolute Gasteiger partial charge is 0.375 e. The van der Waals surface area contributed by atoms with Gasteiger partial charge < -0.3 is 5.11 Å². The first-order chi connectivity index (χ1) is 8.54. The first-order valence-corrected chi connectivity index (χ1v) is 5.43. The van der Waals surface area contributed by atoms with Crippen molar-refractivity contribution in [1.29, 1.82) is 0 Å². The summed E-state index contributed by atoms with van der Waals surface area (Å²) < 4.78 is 13.3. The lowest BCUT2D eigenvalue weighted by Gasteiger charge is -2.20. The van der Waals surface area contributed by atoms with Crippen molar-refractivity contribution in [3.63, 3.8) is 0 Å². The lowest BCUT2D eigenvalue weighted by Crippen LogP contribution is -2.40. The molecule has 0 unspecified atom stereocenters. The van der Waals surface area contributed by atoms with Crippen LogP contribution in [0.3, 0.4) is 0 Å². The van der Waals surface area contributed by atoms with Crippen LogP contribution >= 0.6 is 0 Å². The molecule has 92 valence electrons. The van der Waals surface area contributed by atoms with E-state index in [4.69, 9.17) is 6.42 Å². The van der Waals surface area contributed by atoms with Crippen molar-refractivity contribution < 1.29 is 14.3 Å². The van der Waals surface area contributed by atoms with Gasteiger partial charge in [0.1, 0.15) is 5.82 Å². The van der Waals surface area contributed by atoms with Gasteiger partial charge in [-0.1, -0.05) is 12.0 Å². The molecule has 4 heteroatoms. The molecule has 1 aliphatic heterocycles. The van der Waals surface area contributed by atoms with E-state index in [2.05, 4.69) is 12.5 Å². The molecular formula is C14H12FNO2. The molecule has 1 aromatic carbocycles. The molecule has 1 N–H and O–H groups in total. The van der Waals surface area contributed by atoms with E-state index in [9.17, 15) is 14.3 Å². The molecule has 0 aromatic heterocycles. The number of aliphatic hydroxyl groups is 1. The van der Waals surface area contributed by atoms with E-state index in [-0.39, 0.29) is 18.5 Å². The van der Waals surface area contributed by atoms with Gasteiger partial charge in [-0.25, -0.2) is 4.39 Å². The molecule has 0 saturated heterocycles. The number of terminal acetylenes is 1. The lowest BCUT2D eigenvalue weighted by molar-refractivity contribution is -0.135. The molecule has 18 heavy (non-hydrogen) atoms. The summed E-state index contributed by atoms with van der Waals surface area (Å²) >= 11 is 0. The Morgan fingerprint density at radius 3 is 2.94 bits per heavy atom. The Balaban J connectivity index is 2.61. The highest BCUT2D eigenvalue weighted by molar-refractivity contribution is 6.07. The topological polar surface area (TPSA) is 40.5 Å². The minimum Gasteiger partial charge on any atom is -0.375 e. The smallest absolute Gasteiger partial charge is 0.264 e. The van der Waals surface area contributed by atoms with Crippen LogP contribution in [-0.2, 0) is 10.4 Å². The molecule has 0 spiro atoms. The maximum atomic E-state index is 13.3. The van der Waals surface area contributed by atoms with E-state index in [0.29, 0.717) is 5.69 Å². The predicted molar refractivity (Wildman–Crippen MR) is 66.3 cm³/mol. The van der Waals surface area contributed by atoms with E-state index in [1.807, 2.05) is 0 Å². The summed E-state index contributed by atoms with van der Waals surface area (Å²) in [6, 6.07) is 3.84. The van der Waals surface area contributed by atoms with Gasteiger partial charge in [0.2, 0.25) is 0 Å². The van der Waals surface area contributed by atoms with Crippen LogP contribution in [0.4, 0.5) is 10.1 Å². The number of hydrogen-bond donors (Lipinski definition) is 1. The Labute approximate surface area is 105 Å². The molecule has 1 aromatic rings. The van der Waals surface area contributed by atoms with Crippen molar-refractivity contribution in [2.75, 3.05) is 11.4 Å². The fourth-order valence-corrected chi connectivity index (χ4v) is 2.18. The van der Waals surface area contributed by atoms with Gasteiger partial charge >= 0.3 is 0 Å². The molecule has 0 saturated carbocycles. The van der Waals surface area contributed by atoms with Crippen LogP contribution in [0.15, 0.2) is 30.9 Å². The molecule has 3 nitrogen and oxygen atoms in total. The third-order valence-electron chi connectivity index (χ3n) is 2.98. The van der Waals surface area contributed by atoms with Gasteiger partial charge in [0, 0.05) is 12.0 Å². The van der Waals surface area contributed by atoms with Crippen LogP contribution < -0.4 is 4.90 Å². The monoisotopic (exact) mass is 245 g/mol. The maximum absolute atomic E-state index is 13.3. The number of rotatable bonds is 3. The van der Waals surface area contributed by atoms with Gasteiger partial charge in [-0.3, -0.25) is 9.69 Å². The molecular weight excluding hydrogens is 233 g/mol. The molecule has 1 amide bonds. The zero-order chi connectivity index (χ0) is 13.3. The van der Waals surface area contributed by atoms with Gasteiger partial charge in [0.15, 0.2) is 5.60 Å². The highest BCUT2D eigenvalue weighted by atomic mass is 19.1. The summed E-state index contributed by atoms with van der Waals surface area (Å²) in [5.74, 6) is 1.30. The van der Waals surface area contributed by atoms with Crippen LogP contribution in [-0.4, -0.2) is 17.6 Å². The molecule has 0 radical (unpaired) electrons. The van der Waals surface area contributed by atoms with Gasteiger partial charge in [-0.05, 0) is 18.2 Å². The normalized spacial score (nSPS) is 21.6. The summed E-state index contributed by atoms with van der Waals surface area (Å²) in [6.45, 7) is 3.54. The molecule has 0 aliphatic carbocycles. The standard InChI is InChI=1S/C14H12FNO2/c1-3-7-14(18)11-9-10(15)5-6-12(11)16(8-4-2)13(14)17/h2-3,5-6,9,18H,1,7-8H2/t14-/m1/s1. The summed E-state index contributed by atoms with van der Waals surface area (Å²) in [4.78, 5) is 13.5. The second-order valence-electron chi connectivity index (χ2n) is 4.11. The van der Waals surface area contributed by atoms with Crippen molar-refractivity contribution in [2.45, 2.75) is 12.0 Å². The van der Waals surface area contributed by atoms with Gasteiger partial charge in [0.05, 0.1) is 12.2 Å². The number of amides is 1. The molecule has 1 atom stereocenters. The number of carbonyl (C=O) groups is 1. The minimum absolute atomic E-state index is 0.0172. The summed E-state index contributed by atoms with van der Waals surface area (Å²) in [5, 5.41) is 10.4. The molecule has 0 bridgehead atoms. The van der Waals surface area contributed by atoms with Crippen LogP contribution in [0.25, 0.3) is 0 Å². The predicted octanol–water partition coefficient (Wildman–Crippen LogP) is 1.57. The third kappa shape index (κ3) is 1.60. The maximum Gasteiger partial charge on any atom is 0.264 e. The van der Waals surface area contributed by atoms with Gasteiger partial charge in [-0.2, -0.15) is 0 Å². The van der Waals surface area contributed by atoms with E-state index >= 15 is 0 Å². The third-order valence-corrected chi connectivity index (χ3v) is 2.98. The Morgan fingerprint density at radius 2 is 2.33 bits per heavy atom. The fraction of sp³-hybridized carbons (Fsp3) is 0.214. The van der Waals surface area contributed by atoms with Crippen molar-refractivity contribution in [1.82, 2.24) is 0 Å². The summed E-state index contributed by atoms with van der Waals surface area (Å²) in [6.07, 6.45) is 6.64. The van der Waals surface area contributed by atoms with E-state index in [1.54, 1.807) is 0 Å². The lowest BCUT2D eigenvalue weighted by atomic mass is 9.92.